The van der Waals surface area contributed by atoms with Crippen LogP contribution in [0, 0.1) is 11.6 Å². The summed E-state index contributed by atoms with van der Waals surface area (Å²) in [6.07, 6.45) is 4.86. The van der Waals surface area contributed by atoms with E-state index in [0.717, 1.165) is 18.3 Å². The third-order valence-corrected chi connectivity index (χ3v) is 4.94. The van der Waals surface area contributed by atoms with Gasteiger partial charge in [-0.3, -0.25) is 19.5 Å². The predicted octanol–water partition coefficient (Wildman–Crippen LogP) is 1.79. The first-order chi connectivity index (χ1) is 13.9. The molecule has 1 aliphatic heterocycles. The second-order valence-corrected chi connectivity index (χ2v) is 7.06. The van der Waals surface area contributed by atoms with Crippen molar-refractivity contribution in [1.82, 2.24) is 20.4 Å². The third kappa shape index (κ3) is 5.46. The number of likely N-dealkylation sites (tertiary alicyclic amines) is 1. The van der Waals surface area contributed by atoms with Gasteiger partial charge >= 0.3 is 0 Å². The Bertz CT molecular complexity index is 937. The fourth-order valence-corrected chi connectivity index (χ4v) is 3.45. The molecule has 2 amide bonds. The summed E-state index contributed by atoms with van der Waals surface area (Å²) >= 11 is 0. The molecule has 0 unspecified atom stereocenters. The minimum atomic E-state index is -0.738. The van der Waals surface area contributed by atoms with E-state index in [1.807, 2.05) is 0 Å². The first-order valence-corrected chi connectivity index (χ1v) is 9.49. The molecule has 7 nitrogen and oxygen atoms in total. The molecule has 0 radical (unpaired) electrons. The van der Waals surface area contributed by atoms with E-state index in [9.17, 15) is 23.2 Å². The number of amides is 2. The van der Waals surface area contributed by atoms with E-state index >= 15 is 0 Å². The molecule has 1 aromatic carbocycles. The van der Waals surface area contributed by atoms with Gasteiger partial charge in [-0.2, -0.15) is 5.10 Å². The molecule has 0 aliphatic carbocycles. The van der Waals surface area contributed by atoms with Crippen LogP contribution in [0.3, 0.4) is 0 Å². The molecule has 2 aromatic rings. The van der Waals surface area contributed by atoms with Crippen molar-refractivity contribution >= 4 is 11.8 Å². The van der Waals surface area contributed by atoms with Crippen molar-refractivity contribution < 1.29 is 18.4 Å². The highest BCUT2D eigenvalue weighted by molar-refractivity contribution is 5.93. The van der Waals surface area contributed by atoms with Crippen LogP contribution in [0.1, 0.15) is 41.6 Å². The Morgan fingerprint density at radius 2 is 1.93 bits per heavy atom. The maximum Gasteiger partial charge on any atom is 0.259 e. The van der Waals surface area contributed by atoms with Crippen LogP contribution in [0.25, 0.3) is 0 Å². The second-order valence-electron chi connectivity index (χ2n) is 7.06. The minimum absolute atomic E-state index is 0.0618. The zero-order valence-corrected chi connectivity index (χ0v) is 15.8. The standard InChI is InChI=1S/C20H22F2N4O3/c21-14-6-5-13(17(22)10-14)9-19(28)25-15-3-1-7-26(8-2-4-15)20(29)16-11-23-24-12-18(16)27/h5-6,10-12,15H,1-4,7-9H2,(H,23,27)(H,25,28). The van der Waals surface area contributed by atoms with Crippen LogP contribution in [0.2, 0.25) is 0 Å². The molecule has 2 heterocycles. The van der Waals surface area contributed by atoms with E-state index in [2.05, 4.69) is 15.5 Å². The van der Waals surface area contributed by atoms with Gasteiger partial charge in [0, 0.05) is 31.4 Å². The van der Waals surface area contributed by atoms with E-state index in [1.165, 1.54) is 12.3 Å². The maximum atomic E-state index is 13.7. The average Bonchev–Trinajstić information content (AvgIpc) is 2.66. The van der Waals surface area contributed by atoms with Gasteiger partial charge in [-0.25, -0.2) is 8.78 Å². The van der Waals surface area contributed by atoms with E-state index in [0.29, 0.717) is 38.8 Å². The van der Waals surface area contributed by atoms with Crippen molar-refractivity contribution in [3.05, 3.63) is 63.6 Å². The smallest absolute Gasteiger partial charge is 0.259 e. The highest BCUT2D eigenvalue weighted by Gasteiger charge is 2.22. The molecule has 1 saturated heterocycles. The molecule has 0 saturated carbocycles. The Kier molecular flexibility index (Phi) is 6.69. The largest absolute Gasteiger partial charge is 0.353 e. The molecule has 0 atom stereocenters. The zero-order valence-electron chi connectivity index (χ0n) is 15.8. The Morgan fingerprint density at radius 3 is 2.59 bits per heavy atom. The lowest BCUT2D eigenvalue weighted by Crippen LogP contribution is -2.41. The molecule has 0 bridgehead atoms. The summed E-state index contributed by atoms with van der Waals surface area (Å²) < 4.78 is 26.7. The number of aromatic nitrogens is 2. The predicted molar refractivity (Wildman–Crippen MR) is 101 cm³/mol. The third-order valence-electron chi connectivity index (χ3n) is 4.94. The van der Waals surface area contributed by atoms with E-state index in [1.54, 1.807) is 4.90 Å². The Balaban J connectivity index is 1.52. The molecular formula is C20H22F2N4O3. The fraction of sp³-hybridized carbons (Fsp3) is 0.400. The summed E-state index contributed by atoms with van der Waals surface area (Å²) in [6, 6.07) is 3.08. The van der Waals surface area contributed by atoms with Crippen LogP contribution in [0.15, 0.2) is 35.4 Å². The molecule has 29 heavy (non-hydrogen) atoms. The number of carbonyl (C=O) groups is 2. The van der Waals surface area contributed by atoms with Gasteiger partial charge in [-0.05, 0) is 37.3 Å². The van der Waals surface area contributed by atoms with Crippen molar-refractivity contribution in [1.29, 1.82) is 0 Å². The van der Waals surface area contributed by atoms with E-state index < -0.39 is 17.1 Å². The molecule has 9 heteroatoms. The first kappa shape index (κ1) is 20.6. The number of rotatable bonds is 4. The van der Waals surface area contributed by atoms with E-state index in [4.69, 9.17) is 0 Å². The number of halogens is 2. The van der Waals surface area contributed by atoms with Crippen molar-refractivity contribution in [2.24, 2.45) is 0 Å². The average molecular weight is 404 g/mol. The van der Waals surface area contributed by atoms with Gasteiger partial charge in [0.1, 0.15) is 17.2 Å². The first-order valence-electron chi connectivity index (χ1n) is 9.49. The normalized spacial score (nSPS) is 15.4. The number of carbonyl (C=O) groups excluding carboxylic acids is 2. The molecule has 1 aliphatic rings. The van der Waals surface area contributed by atoms with Gasteiger partial charge in [0.15, 0.2) is 0 Å². The molecule has 0 spiro atoms. The van der Waals surface area contributed by atoms with Gasteiger partial charge < -0.3 is 10.2 Å². The SMILES string of the molecule is O=C(Cc1ccc(F)cc1F)NC1CCCN(C(=O)c2c[nH]ncc2=O)CCC1. The lowest BCUT2D eigenvalue weighted by molar-refractivity contribution is -0.121. The minimum Gasteiger partial charge on any atom is -0.353 e. The van der Waals surface area contributed by atoms with Crippen LogP contribution in [0.5, 0.6) is 0 Å². The number of benzene rings is 1. The van der Waals surface area contributed by atoms with Gasteiger partial charge in [-0.1, -0.05) is 6.07 Å². The van der Waals surface area contributed by atoms with Crippen LogP contribution in [-0.2, 0) is 11.2 Å². The van der Waals surface area contributed by atoms with Crippen LogP contribution in [-0.4, -0.2) is 46.0 Å². The van der Waals surface area contributed by atoms with Crippen LogP contribution in [0.4, 0.5) is 8.78 Å². The Hall–Kier alpha value is -3.10. The number of nitrogens with one attached hydrogen (secondary N) is 2. The molecular weight excluding hydrogens is 382 g/mol. The molecule has 154 valence electrons. The summed E-state index contributed by atoms with van der Waals surface area (Å²) in [7, 11) is 0. The summed E-state index contributed by atoms with van der Waals surface area (Å²) in [5.41, 5.74) is -0.213. The Labute approximate surface area is 166 Å². The van der Waals surface area contributed by atoms with Crippen molar-refractivity contribution in [3.63, 3.8) is 0 Å². The number of hydrogen-bond donors (Lipinski definition) is 2. The summed E-state index contributed by atoms with van der Waals surface area (Å²) in [4.78, 5) is 38.2. The van der Waals surface area contributed by atoms with Gasteiger partial charge in [-0.15, -0.1) is 0 Å². The monoisotopic (exact) mass is 404 g/mol. The van der Waals surface area contributed by atoms with Crippen LogP contribution >= 0.6 is 0 Å². The van der Waals surface area contributed by atoms with Crippen molar-refractivity contribution in [3.8, 4) is 0 Å². The highest BCUT2D eigenvalue weighted by atomic mass is 19.1. The van der Waals surface area contributed by atoms with Crippen molar-refractivity contribution in [2.45, 2.75) is 38.1 Å². The lowest BCUT2D eigenvalue weighted by atomic mass is 10.0. The Morgan fingerprint density at radius 1 is 1.21 bits per heavy atom. The summed E-state index contributed by atoms with van der Waals surface area (Å²) in [5, 5.41) is 9.00. The molecule has 3 rings (SSSR count). The van der Waals surface area contributed by atoms with Crippen LogP contribution < -0.4 is 10.7 Å². The van der Waals surface area contributed by atoms with E-state index in [-0.39, 0.29) is 35.4 Å². The quantitative estimate of drug-likeness (QED) is 0.812. The fourth-order valence-electron chi connectivity index (χ4n) is 3.45. The second kappa shape index (κ2) is 9.40. The van der Waals surface area contributed by atoms with Gasteiger partial charge in [0.05, 0.1) is 12.6 Å². The number of aromatic amines is 1. The summed E-state index contributed by atoms with van der Waals surface area (Å²) in [5.74, 6) is -2.07. The maximum absolute atomic E-state index is 13.7. The van der Waals surface area contributed by atoms with Gasteiger partial charge in [0.25, 0.3) is 5.91 Å². The van der Waals surface area contributed by atoms with Crippen molar-refractivity contribution in [2.75, 3.05) is 13.1 Å². The number of nitrogens with zero attached hydrogens (tertiary/aromatic N) is 2. The zero-order chi connectivity index (χ0) is 20.8. The molecule has 1 aromatic heterocycles. The topological polar surface area (TPSA) is 95.2 Å². The molecule has 1 fully saturated rings. The number of H-pyrrole nitrogens is 1. The van der Waals surface area contributed by atoms with Gasteiger partial charge in [0.2, 0.25) is 11.3 Å². The summed E-state index contributed by atoms with van der Waals surface area (Å²) in [6.45, 7) is 0.944. The molecule has 2 N–H and O–H groups in total. The highest BCUT2D eigenvalue weighted by Crippen LogP contribution is 2.15. The number of hydrogen-bond acceptors (Lipinski definition) is 4. The lowest BCUT2D eigenvalue weighted by Gasteiger charge is -2.28.